The van der Waals surface area contributed by atoms with Crippen molar-refractivity contribution in [3.8, 4) is 0 Å². The fourth-order valence-corrected chi connectivity index (χ4v) is 2.51. The monoisotopic (exact) mass is 227 g/mol. The number of hydrogen-bond donors (Lipinski definition) is 1. The van der Waals surface area contributed by atoms with Gasteiger partial charge in [-0.15, -0.1) is 0 Å². The lowest BCUT2D eigenvalue weighted by Crippen LogP contribution is -2.34. The predicted octanol–water partition coefficient (Wildman–Crippen LogP) is 3.76. The van der Waals surface area contributed by atoms with Crippen LogP contribution in [0.4, 0.5) is 0 Å². The van der Waals surface area contributed by atoms with Crippen LogP contribution in [0.5, 0.6) is 0 Å². The van der Waals surface area contributed by atoms with Crippen molar-refractivity contribution in [2.24, 2.45) is 11.3 Å². The lowest BCUT2D eigenvalue weighted by molar-refractivity contribution is -0.129. The minimum atomic E-state index is 0.0620. The molecule has 0 atom stereocenters. The van der Waals surface area contributed by atoms with Crippen LogP contribution in [0.25, 0.3) is 0 Å². The molecule has 2 aliphatic rings. The van der Waals surface area contributed by atoms with Crippen molar-refractivity contribution in [3.63, 3.8) is 0 Å². The quantitative estimate of drug-likeness (QED) is 0.671. The van der Waals surface area contributed by atoms with Crippen molar-refractivity contribution >= 4 is 5.91 Å². The molecule has 2 rings (SSSR count). The van der Waals surface area contributed by atoms with Gasteiger partial charge in [-0.05, 0) is 38.0 Å². The number of hydrogen-bond acceptors (Lipinski definition) is 1. The molecular weight excluding hydrogens is 198 g/mol. The predicted molar refractivity (Wildman–Crippen MR) is 70.4 cm³/mol. The number of nitrogens with one attached hydrogen (secondary N) is 1. The molecule has 96 valence electrons. The fourth-order valence-electron chi connectivity index (χ4n) is 2.51. The number of rotatable bonds is 0. The molecule has 0 radical (unpaired) electrons. The average molecular weight is 227 g/mol. The van der Waals surface area contributed by atoms with Crippen LogP contribution in [-0.2, 0) is 4.79 Å². The molecule has 1 heterocycles. The topological polar surface area (TPSA) is 29.1 Å². The lowest BCUT2D eigenvalue weighted by atomic mass is 9.70. The van der Waals surface area contributed by atoms with Gasteiger partial charge in [-0.3, -0.25) is 4.79 Å². The van der Waals surface area contributed by atoms with Crippen molar-refractivity contribution in [1.82, 2.24) is 5.32 Å². The third-order valence-corrected chi connectivity index (χ3v) is 3.60. The molecule has 1 N–H and O–H groups in total. The van der Waals surface area contributed by atoms with Crippen LogP contribution in [0.15, 0.2) is 0 Å². The summed E-state index contributed by atoms with van der Waals surface area (Å²) in [7, 11) is 0. The van der Waals surface area contributed by atoms with Crippen LogP contribution < -0.4 is 5.32 Å². The molecule has 2 heteroatoms. The van der Waals surface area contributed by atoms with E-state index in [-0.39, 0.29) is 5.41 Å². The van der Waals surface area contributed by atoms with Crippen molar-refractivity contribution in [3.05, 3.63) is 0 Å². The van der Waals surface area contributed by atoms with E-state index in [0.717, 1.165) is 31.7 Å². The van der Waals surface area contributed by atoms with E-state index in [4.69, 9.17) is 0 Å². The first kappa shape index (κ1) is 15.5. The summed E-state index contributed by atoms with van der Waals surface area (Å²) in [6.45, 7) is 11.2. The second-order valence-electron chi connectivity index (χ2n) is 4.47. The van der Waals surface area contributed by atoms with Crippen LogP contribution in [-0.4, -0.2) is 12.5 Å². The Hall–Kier alpha value is -0.530. The molecule has 1 aliphatic heterocycles. The van der Waals surface area contributed by atoms with Crippen molar-refractivity contribution in [2.75, 3.05) is 6.54 Å². The normalized spacial score (nSPS) is 32.1. The number of carbonyl (C=O) groups excluding carboxylic acids is 1. The van der Waals surface area contributed by atoms with E-state index in [2.05, 4.69) is 12.2 Å². The third kappa shape index (κ3) is 3.50. The Balaban J connectivity index is 0.000000509. The highest BCUT2D eigenvalue weighted by Crippen LogP contribution is 2.43. The van der Waals surface area contributed by atoms with Gasteiger partial charge in [-0.1, -0.05) is 34.6 Å². The Morgan fingerprint density at radius 2 is 1.56 bits per heavy atom. The summed E-state index contributed by atoms with van der Waals surface area (Å²) in [5, 5.41) is 2.96. The van der Waals surface area contributed by atoms with Crippen molar-refractivity contribution in [1.29, 1.82) is 0 Å². The first-order valence-electron chi connectivity index (χ1n) is 7.01. The van der Waals surface area contributed by atoms with Crippen molar-refractivity contribution in [2.45, 2.75) is 66.7 Å². The van der Waals surface area contributed by atoms with Crippen LogP contribution >= 0.6 is 0 Å². The summed E-state index contributed by atoms with van der Waals surface area (Å²) in [5.41, 5.74) is 0.0620. The smallest absolute Gasteiger partial charge is 0.226 e. The minimum absolute atomic E-state index is 0.0620. The van der Waals surface area contributed by atoms with E-state index in [1.54, 1.807) is 0 Å². The SMILES string of the molecule is CC.CC.CC1CCC2(CCNC2=O)CC1. The second kappa shape index (κ2) is 7.70. The largest absolute Gasteiger partial charge is 0.356 e. The zero-order valence-electron chi connectivity index (χ0n) is 11.7. The van der Waals surface area contributed by atoms with Crippen LogP contribution in [0.3, 0.4) is 0 Å². The molecule has 0 aromatic carbocycles. The Kier molecular flexibility index (Phi) is 7.44. The zero-order valence-corrected chi connectivity index (χ0v) is 11.7. The van der Waals surface area contributed by atoms with Gasteiger partial charge < -0.3 is 5.32 Å². The summed E-state index contributed by atoms with van der Waals surface area (Å²) < 4.78 is 0. The van der Waals surface area contributed by atoms with Crippen molar-refractivity contribution < 1.29 is 4.79 Å². The van der Waals surface area contributed by atoms with Gasteiger partial charge in [0, 0.05) is 6.54 Å². The molecule has 2 nitrogen and oxygen atoms in total. The summed E-state index contributed by atoms with van der Waals surface area (Å²) in [6, 6.07) is 0. The Labute approximate surface area is 101 Å². The highest BCUT2D eigenvalue weighted by molar-refractivity contribution is 5.84. The van der Waals surface area contributed by atoms with Crippen LogP contribution in [0.2, 0.25) is 0 Å². The molecule has 1 saturated heterocycles. The van der Waals surface area contributed by atoms with E-state index >= 15 is 0 Å². The second-order valence-corrected chi connectivity index (χ2v) is 4.47. The van der Waals surface area contributed by atoms with Gasteiger partial charge in [-0.25, -0.2) is 0 Å². The van der Waals surface area contributed by atoms with Crippen LogP contribution in [0, 0.1) is 11.3 Å². The van der Waals surface area contributed by atoms with E-state index in [9.17, 15) is 4.79 Å². The Morgan fingerprint density at radius 1 is 1.06 bits per heavy atom. The Morgan fingerprint density at radius 3 is 1.94 bits per heavy atom. The van der Waals surface area contributed by atoms with Gasteiger partial charge in [0.15, 0.2) is 0 Å². The van der Waals surface area contributed by atoms with Gasteiger partial charge in [0.1, 0.15) is 0 Å². The first-order chi connectivity index (χ1) is 7.73. The van der Waals surface area contributed by atoms with Gasteiger partial charge >= 0.3 is 0 Å². The van der Waals surface area contributed by atoms with Gasteiger partial charge in [0.25, 0.3) is 0 Å². The Bertz CT molecular complexity index is 193. The maximum absolute atomic E-state index is 11.5. The molecule has 0 aromatic rings. The highest BCUT2D eigenvalue weighted by atomic mass is 16.2. The van der Waals surface area contributed by atoms with Gasteiger partial charge in [0.05, 0.1) is 5.41 Å². The maximum atomic E-state index is 11.5. The highest BCUT2D eigenvalue weighted by Gasteiger charge is 2.43. The summed E-state index contributed by atoms with van der Waals surface area (Å²) in [6.07, 6.45) is 5.82. The molecule has 0 bridgehead atoms. The molecule has 16 heavy (non-hydrogen) atoms. The molecule has 1 amide bonds. The fraction of sp³-hybridized carbons (Fsp3) is 0.929. The maximum Gasteiger partial charge on any atom is 0.226 e. The molecule has 0 aromatic heterocycles. The lowest BCUT2D eigenvalue weighted by Gasteiger charge is -2.33. The first-order valence-corrected chi connectivity index (χ1v) is 7.01. The van der Waals surface area contributed by atoms with E-state index in [0.29, 0.717) is 5.91 Å². The molecule has 1 aliphatic carbocycles. The third-order valence-electron chi connectivity index (χ3n) is 3.60. The zero-order chi connectivity index (χ0) is 12.6. The van der Waals surface area contributed by atoms with Gasteiger partial charge in [0.2, 0.25) is 5.91 Å². The van der Waals surface area contributed by atoms with Gasteiger partial charge in [-0.2, -0.15) is 0 Å². The molecule has 1 spiro atoms. The number of carbonyl (C=O) groups is 1. The minimum Gasteiger partial charge on any atom is -0.356 e. The van der Waals surface area contributed by atoms with E-state index in [1.807, 2.05) is 27.7 Å². The summed E-state index contributed by atoms with van der Waals surface area (Å²) in [5.74, 6) is 1.17. The van der Waals surface area contributed by atoms with E-state index in [1.165, 1.54) is 12.8 Å². The molecule has 2 fully saturated rings. The molecule has 1 saturated carbocycles. The standard InChI is InChI=1S/C10H17NO.2C2H6/c1-8-2-4-10(5-3-8)6-7-11-9(10)12;2*1-2/h8H,2-7H2,1H3,(H,11,12);2*1-2H3. The average Bonchev–Trinajstić information content (AvgIpc) is 2.70. The van der Waals surface area contributed by atoms with Crippen LogP contribution in [0.1, 0.15) is 66.7 Å². The molecular formula is C14H29NO. The number of amides is 1. The van der Waals surface area contributed by atoms with E-state index < -0.39 is 0 Å². The summed E-state index contributed by atoms with van der Waals surface area (Å²) >= 11 is 0. The summed E-state index contributed by atoms with van der Waals surface area (Å²) in [4.78, 5) is 11.5. The molecule has 0 unspecified atom stereocenters.